The van der Waals surface area contributed by atoms with Crippen LogP contribution in [-0.4, -0.2) is 52.0 Å². The largest absolute Gasteiger partial charge is 0.381 e. The highest BCUT2D eigenvalue weighted by atomic mass is 127. The van der Waals surface area contributed by atoms with E-state index in [-0.39, 0.29) is 24.0 Å². The lowest BCUT2D eigenvalue weighted by molar-refractivity contribution is 0.0893. The Morgan fingerprint density at radius 3 is 3.00 bits per heavy atom. The van der Waals surface area contributed by atoms with Gasteiger partial charge in [0.05, 0.1) is 17.0 Å². The highest BCUT2D eigenvalue weighted by Gasteiger charge is 2.15. The van der Waals surface area contributed by atoms with Gasteiger partial charge in [-0.15, -0.1) is 35.3 Å². The minimum absolute atomic E-state index is 0. The SMILES string of the molecule is CCNC(=NCCCOCC1CCOC1)NCCc1ccc(Br)s1.I. The van der Waals surface area contributed by atoms with Gasteiger partial charge in [-0.2, -0.15) is 0 Å². The van der Waals surface area contributed by atoms with Crippen LogP contribution in [0.15, 0.2) is 20.9 Å². The van der Waals surface area contributed by atoms with Gasteiger partial charge in [-0.05, 0) is 54.2 Å². The van der Waals surface area contributed by atoms with Crippen LogP contribution in [0.5, 0.6) is 0 Å². The Kier molecular flexibility index (Phi) is 13.1. The fourth-order valence-corrected chi connectivity index (χ4v) is 3.94. The number of hydrogen-bond donors (Lipinski definition) is 2. The summed E-state index contributed by atoms with van der Waals surface area (Å²) in [4.78, 5) is 5.97. The first-order valence-electron chi connectivity index (χ1n) is 8.69. The molecule has 1 saturated heterocycles. The van der Waals surface area contributed by atoms with E-state index in [1.807, 2.05) is 0 Å². The van der Waals surface area contributed by atoms with Crippen LogP contribution in [0.25, 0.3) is 0 Å². The van der Waals surface area contributed by atoms with E-state index in [1.54, 1.807) is 11.3 Å². The predicted octanol–water partition coefficient (Wildman–Crippen LogP) is 3.67. The number of nitrogens with one attached hydrogen (secondary N) is 2. The number of thiophene rings is 1. The van der Waals surface area contributed by atoms with Crippen molar-refractivity contribution in [3.63, 3.8) is 0 Å². The zero-order valence-electron chi connectivity index (χ0n) is 14.8. The number of halogens is 2. The predicted molar refractivity (Wildman–Crippen MR) is 119 cm³/mol. The minimum Gasteiger partial charge on any atom is -0.381 e. The van der Waals surface area contributed by atoms with Crippen molar-refractivity contribution in [3.8, 4) is 0 Å². The van der Waals surface area contributed by atoms with Crippen LogP contribution in [0.2, 0.25) is 0 Å². The molecule has 8 heteroatoms. The molecule has 1 aromatic rings. The highest BCUT2D eigenvalue weighted by Crippen LogP contribution is 2.22. The van der Waals surface area contributed by atoms with Crippen LogP contribution >= 0.6 is 51.2 Å². The van der Waals surface area contributed by atoms with Gasteiger partial charge in [0, 0.05) is 43.6 Å². The summed E-state index contributed by atoms with van der Waals surface area (Å²) >= 11 is 5.28. The summed E-state index contributed by atoms with van der Waals surface area (Å²) in [7, 11) is 0. The minimum atomic E-state index is 0. The molecule has 25 heavy (non-hydrogen) atoms. The molecule has 0 spiro atoms. The van der Waals surface area contributed by atoms with Crippen LogP contribution in [0, 0.1) is 5.92 Å². The lowest BCUT2D eigenvalue weighted by Crippen LogP contribution is -2.38. The normalized spacial score (nSPS) is 17.4. The Morgan fingerprint density at radius 2 is 2.32 bits per heavy atom. The zero-order chi connectivity index (χ0) is 17.0. The molecule has 0 bridgehead atoms. The van der Waals surface area contributed by atoms with E-state index in [9.17, 15) is 0 Å². The van der Waals surface area contributed by atoms with Crippen LogP contribution in [0.1, 0.15) is 24.6 Å². The highest BCUT2D eigenvalue weighted by molar-refractivity contribution is 14.0. The van der Waals surface area contributed by atoms with E-state index in [0.29, 0.717) is 5.92 Å². The summed E-state index contributed by atoms with van der Waals surface area (Å²) in [6, 6.07) is 4.25. The summed E-state index contributed by atoms with van der Waals surface area (Å²) in [5, 5.41) is 6.67. The average molecular weight is 546 g/mol. The maximum absolute atomic E-state index is 5.71. The number of guanidine groups is 1. The molecule has 0 radical (unpaired) electrons. The quantitative estimate of drug-likeness (QED) is 0.204. The second kappa shape index (κ2) is 14.2. The molecule has 1 fully saturated rings. The third-order valence-electron chi connectivity index (χ3n) is 3.73. The first kappa shape index (κ1) is 23.1. The van der Waals surface area contributed by atoms with Gasteiger partial charge in [0.2, 0.25) is 0 Å². The van der Waals surface area contributed by atoms with Crippen LogP contribution in [0.4, 0.5) is 0 Å². The summed E-state index contributed by atoms with van der Waals surface area (Å²) in [5.74, 6) is 1.47. The fraction of sp³-hybridized carbons (Fsp3) is 0.706. The van der Waals surface area contributed by atoms with E-state index < -0.39 is 0 Å². The molecule has 0 aliphatic carbocycles. The summed E-state index contributed by atoms with van der Waals surface area (Å²) in [5.41, 5.74) is 0. The standard InChI is InChI=1S/C17H28BrN3O2S.HI/c1-2-19-17(21-9-6-15-4-5-16(18)24-15)20-8-3-10-22-12-14-7-11-23-13-14;/h4-5,14H,2-3,6-13H2,1H3,(H2,19,20,21);1H. The van der Waals surface area contributed by atoms with Crippen molar-refractivity contribution in [3.05, 3.63) is 20.8 Å². The molecule has 0 aromatic carbocycles. The van der Waals surface area contributed by atoms with Crippen molar-refractivity contribution >= 4 is 57.2 Å². The lowest BCUT2D eigenvalue weighted by Gasteiger charge is -2.11. The van der Waals surface area contributed by atoms with Gasteiger partial charge in [0.1, 0.15) is 0 Å². The van der Waals surface area contributed by atoms with Crippen LogP contribution in [0.3, 0.4) is 0 Å². The third-order valence-corrected chi connectivity index (χ3v) is 5.41. The molecule has 0 amide bonds. The molecule has 0 saturated carbocycles. The Balaban J connectivity index is 0.00000312. The van der Waals surface area contributed by atoms with Gasteiger partial charge in [0.25, 0.3) is 0 Å². The molecule has 2 heterocycles. The Morgan fingerprint density at radius 1 is 1.44 bits per heavy atom. The van der Waals surface area contributed by atoms with E-state index in [4.69, 9.17) is 9.47 Å². The topological polar surface area (TPSA) is 54.9 Å². The van der Waals surface area contributed by atoms with Crippen molar-refractivity contribution in [1.82, 2.24) is 10.6 Å². The number of nitrogens with zero attached hydrogens (tertiary/aromatic N) is 1. The van der Waals surface area contributed by atoms with Gasteiger partial charge < -0.3 is 20.1 Å². The van der Waals surface area contributed by atoms with E-state index in [1.165, 1.54) is 8.66 Å². The number of aliphatic imine (C=N–C) groups is 1. The molecule has 2 N–H and O–H groups in total. The molecule has 1 aliphatic heterocycles. The summed E-state index contributed by atoms with van der Waals surface area (Å²) in [6.45, 7) is 7.94. The fourth-order valence-electron chi connectivity index (χ4n) is 2.45. The summed E-state index contributed by atoms with van der Waals surface area (Å²) < 4.78 is 12.2. The molecule has 1 atom stereocenters. The van der Waals surface area contributed by atoms with Crippen molar-refractivity contribution in [2.75, 3.05) is 46.1 Å². The van der Waals surface area contributed by atoms with Gasteiger partial charge in [-0.3, -0.25) is 4.99 Å². The molecular formula is C17H29BrIN3O2S. The first-order valence-corrected chi connectivity index (χ1v) is 10.3. The van der Waals surface area contributed by atoms with E-state index >= 15 is 0 Å². The number of rotatable bonds is 10. The Hall–Kier alpha value is 0.1000. The van der Waals surface area contributed by atoms with Gasteiger partial charge in [-0.25, -0.2) is 0 Å². The smallest absolute Gasteiger partial charge is 0.191 e. The molecular weight excluding hydrogens is 517 g/mol. The molecule has 2 rings (SSSR count). The van der Waals surface area contributed by atoms with Gasteiger partial charge in [0.15, 0.2) is 5.96 Å². The van der Waals surface area contributed by atoms with Gasteiger partial charge >= 0.3 is 0 Å². The van der Waals surface area contributed by atoms with Gasteiger partial charge in [-0.1, -0.05) is 0 Å². The first-order chi connectivity index (χ1) is 11.8. The second-order valence-corrected chi connectivity index (χ2v) is 8.35. The van der Waals surface area contributed by atoms with Crippen LogP contribution in [-0.2, 0) is 15.9 Å². The van der Waals surface area contributed by atoms with E-state index in [0.717, 1.165) is 71.3 Å². The zero-order valence-corrected chi connectivity index (χ0v) is 19.5. The maximum Gasteiger partial charge on any atom is 0.191 e. The molecule has 1 aliphatic rings. The number of ether oxygens (including phenoxy) is 2. The van der Waals surface area contributed by atoms with Crippen molar-refractivity contribution in [2.24, 2.45) is 10.9 Å². The lowest BCUT2D eigenvalue weighted by atomic mass is 10.1. The maximum atomic E-state index is 5.71. The van der Waals surface area contributed by atoms with Crippen LogP contribution < -0.4 is 10.6 Å². The molecule has 1 aromatic heterocycles. The third kappa shape index (κ3) is 10.1. The van der Waals surface area contributed by atoms with Crippen molar-refractivity contribution < 1.29 is 9.47 Å². The number of hydrogen-bond acceptors (Lipinski definition) is 4. The Labute approximate surface area is 180 Å². The average Bonchev–Trinajstić information content (AvgIpc) is 3.22. The van der Waals surface area contributed by atoms with E-state index in [2.05, 4.69) is 50.6 Å². The molecule has 1 unspecified atom stereocenters. The Bertz CT molecular complexity index is 496. The molecule has 5 nitrogen and oxygen atoms in total. The monoisotopic (exact) mass is 545 g/mol. The van der Waals surface area contributed by atoms with Crippen molar-refractivity contribution in [2.45, 2.75) is 26.2 Å². The summed E-state index contributed by atoms with van der Waals surface area (Å²) in [6.07, 6.45) is 3.09. The van der Waals surface area contributed by atoms with Crippen molar-refractivity contribution in [1.29, 1.82) is 0 Å². The molecule has 144 valence electrons. The second-order valence-electron chi connectivity index (χ2n) is 5.80.